The number of rotatable bonds is 10. The van der Waals surface area contributed by atoms with Crippen LogP contribution in [0.15, 0.2) is 0 Å². The van der Waals surface area contributed by atoms with Crippen LogP contribution in [0.1, 0.15) is 46.0 Å². The molecule has 0 saturated carbocycles. The molecule has 0 bridgehead atoms. The summed E-state index contributed by atoms with van der Waals surface area (Å²) >= 11 is 0. The molecule has 0 amide bonds. The Morgan fingerprint density at radius 1 is 1.42 bits per heavy atom. The maximum absolute atomic E-state index is 12.0. The number of ketones is 1. The van der Waals surface area contributed by atoms with Gasteiger partial charge in [-0.1, -0.05) is 51.2 Å². The Kier molecular flexibility index (Phi) is 9.77. The van der Waals surface area contributed by atoms with Gasteiger partial charge in [0.05, 0.1) is 6.04 Å². The number of unbranched alkanes of at least 4 members (excludes halogenated alkanes) is 1. The number of hydrogen-bond acceptors (Lipinski definition) is 5. The highest BCUT2D eigenvalue weighted by Crippen LogP contribution is 2.42. The van der Waals surface area contributed by atoms with Crippen LogP contribution in [-0.2, 0) is 4.79 Å². The van der Waals surface area contributed by atoms with E-state index < -0.39 is 0 Å². The standard InChI is InChI=1S/C13H27N2OPS2/c1-3-13(16)12(6-4-5-7-15-17)14-9-11-8-10(2)18-19-11/h10-12,14-15H,3-9,17H2,1-2H3. The molecule has 1 aliphatic heterocycles. The van der Waals surface area contributed by atoms with Crippen LogP contribution < -0.4 is 10.4 Å². The van der Waals surface area contributed by atoms with Crippen LogP contribution in [0.3, 0.4) is 0 Å². The monoisotopic (exact) mass is 322 g/mol. The van der Waals surface area contributed by atoms with Gasteiger partial charge in [-0.15, -0.1) is 0 Å². The average Bonchev–Trinajstić information content (AvgIpc) is 2.83. The van der Waals surface area contributed by atoms with Gasteiger partial charge in [-0.2, -0.15) is 0 Å². The summed E-state index contributed by atoms with van der Waals surface area (Å²) in [6.45, 7) is 6.22. The predicted molar refractivity (Wildman–Crippen MR) is 91.7 cm³/mol. The van der Waals surface area contributed by atoms with Crippen molar-refractivity contribution < 1.29 is 4.79 Å². The molecule has 112 valence electrons. The van der Waals surface area contributed by atoms with Gasteiger partial charge in [-0.3, -0.25) is 4.79 Å². The van der Waals surface area contributed by atoms with E-state index in [-0.39, 0.29) is 6.04 Å². The Labute approximate surface area is 127 Å². The lowest BCUT2D eigenvalue weighted by Gasteiger charge is -2.19. The first-order valence-electron chi connectivity index (χ1n) is 7.19. The minimum absolute atomic E-state index is 0.0658. The summed E-state index contributed by atoms with van der Waals surface area (Å²) in [6.07, 6.45) is 5.10. The Hall–Kier alpha value is 0.720. The largest absolute Gasteiger partial charge is 0.306 e. The van der Waals surface area contributed by atoms with Gasteiger partial charge in [0, 0.05) is 23.5 Å². The number of carbonyl (C=O) groups excluding carboxylic acids is 1. The van der Waals surface area contributed by atoms with E-state index in [0.717, 1.165) is 37.6 Å². The number of Topliss-reactive ketones (excluding diaryl/α,β-unsaturated/α-hetero) is 1. The average molecular weight is 322 g/mol. The summed E-state index contributed by atoms with van der Waals surface area (Å²) < 4.78 is 0. The van der Waals surface area contributed by atoms with Crippen LogP contribution in [0, 0.1) is 0 Å². The quantitative estimate of drug-likeness (QED) is 0.368. The van der Waals surface area contributed by atoms with E-state index in [1.54, 1.807) is 0 Å². The Morgan fingerprint density at radius 2 is 2.21 bits per heavy atom. The molecule has 0 aromatic carbocycles. The first-order valence-corrected chi connectivity index (χ1v) is 10.0. The van der Waals surface area contributed by atoms with Crippen molar-refractivity contribution in [3.63, 3.8) is 0 Å². The van der Waals surface area contributed by atoms with Crippen LogP contribution in [0.2, 0.25) is 0 Å². The van der Waals surface area contributed by atoms with Crippen LogP contribution in [0.4, 0.5) is 0 Å². The van der Waals surface area contributed by atoms with E-state index in [1.165, 1.54) is 6.42 Å². The summed E-state index contributed by atoms with van der Waals surface area (Å²) in [4.78, 5) is 12.0. The smallest absolute Gasteiger partial charge is 0.149 e. The molecule has 0 aromatic heterocycles. The minimum atomic E-state index is 0.0658. The number of carbonyl (C=O) groups is 1. The predicted octanol–water partition coefficient (Wildman–Crippen LogP) is 3.02. The highest BCUT2D eigenvalue weighted by atomic mass is 33.1. The lowest BCUT2D eigenvalue weighted by atomic mass is 10.0. The molecule has 0 aromatic rings. The third-order valence-electron chi connectivity index (χ3n) is 3.34. The zero-order chi connectivity index (χ0) is 14.1. The third kappa shape index (κ3) is 7.33. The van der Waals surface area contributed by atoms with Gasteiger partial charge in [0.1, 0.15) is 5.78 Å². The zero-order valence-corrected chi connectivity index (χ0v) is 14.8. The summed E-state index contributed by atoms with van der Waals surface area (Å²) in [7, 11) is 6.47. The zero-order valence-electron chi connectivity index (χ0n) is 12.0. The van der Waals surface area contributed by atoms with Crippen LogP contribution in [-0.4, -0.2) is 35.4 Å². The lowest BCUT2D eigenvalue weighted by molar-refractivity contribution is -0.120. The van der Waals surface area contributed by atoms with Crippen LogP contribution >= 0.6 is 31.0 Å². The van der Waals surface area contributed by atoms with E-state index >= 15 is 0 Å². The second-order valence-corrected chi connectivity index (χ2v) is 8.51. The second kappa shape index (κ2) is 10.4. The topological polar surface area (TPSA) is 41.1 Å². The molecule has 1 aliphatic rings. The maximum Gasteiger partial charge on any atom is 0.149 e. The molecule has 19 heavy (non-hydrogen) atoms. The van der Waals surface area contributed by atoms with E-state index in [0.29, 0.717) is 17.5 Å². The summed E-state index contributed by atoms with van der Waals surface area (Å²) in [5.41, 5.74) is 0. The fraction of sp³-hybridized carbons (Fsp3) is 0.923. The molecule has 6 heteroatoms. The van der Waals surface area contributed by atoms with Crippen molar-refractivity contribution in [3.05, 3.63) is 0 Å². The van der Waals surface area contributed by atoms with Crippen molar-refractivity contribution in [1.82, 2.24) is 10.4 Å². The highest BCUT2D eigenvalue weighted by Gasteiger charge is 2.24. The van der Waals surface area contributed by atoms with E-state index in [4.69, 9.17) is 0 Å². The second-order valence-electron chi connectivity index (χ2n) is 5.09. The first kappa shape index (κ1) is 17.8. The van der Waals surface area contributed by atoms with Gasteiger partial charge in [0.15, 0.2) is 0 Å². The minimum Gasteiger partial charge on any atom is -0.306 e. The fourth-order valence-corrected chi connectivity index (χ4v) is 5.44. The lowest BCUT2D eigenvalue weighted by Crippen LogP contribution is -2.39. The fourth-order valence-electron chi connectivity index (χ4n) is 2.21. The molecule has 0 radical (unpaired) electrons. The van der Waals surface area contributed by atoms with Gasteiger partial charge in [-0.05, 0) is 25.8 Å². The number of hydrogen-bond donors (Lipinski definition) is 2. The summed E-state index contributed by atoms with van der Waals surface area (Å²) in [5.74, 6) is 0.363. The summed E-state index contributed by atoms with van der Waals surface area (Å²) in [6, 6.07) is 0.0658. The van der Waals surface area contributed by atoms with Crippen LogP contribution in [0.25, 0.3) is 0 Å². The highest BCUT2D eigenvalue weighted by molar-refractivity contribution is 8.77. The molecule has 0 aliphatic carbocycles. The Morgan fingerprint density at radius 3 is 2.79 bits per heavy atom. The van der Waals surface area contributed by atoms with E-state index in [1.807, 2.05) is 28.5 Å². The van der Waals surface area contributed by atoms with Crippen molar-refractivity contribution in [1.29, 1.82) is 0 Å². The van der Waals surface area contributed by atoms with Crippen molar-refractivity contribution in [3.8, 4) is 0 Å². The molecule has 1 fully saturated rings. The Bertz CT molecular complexity index is 269. The first-order chi connectivity index (χ1) is 9.17. The molecule has 0 spiro atoms. The molecule has 3 nitrogen and oxygen atoms in total. The molecule has 1 saturated heterocycles. The molecule has 4 atom stereocenters. The van der Waals surface area contributed by atoms with Gasteiger partial charge in [0.25, 0.3) is 0 Å². The Balaban J connectivity index is 2.26. The van der Waals surface area contributed by atoms with Crippen LogP contribution in [0.5, 0.6) is 0 Å². The molecule has 2 N–H and O–H groups in total. The van der Waals surface area contributed by atoms with Crippen molar-refractivity contribution in [2.75, 3.05) is 13.1 Å². The van der Waals surface area contributed by atoms with Gasteiger partial charge in [-0.25, -0.2) is 0 Å². The molecular formula is C13H27N2OPS2. The van der Waals surface area contributed by atoms with E-state index in [9.17, 15) is 4.79 Å². The van der Waals surface area contributed by atoms with Gasteiger partial charge in [0.2, 0.25) is 0 Å². The third-order valence-corrected chi connectivity index (χ3v) is 7.03. The number of nitrogens with one attached hydrogen (secondary N) is 2. The molecular weight excluding hydrogens is 295 g/mol. The molecule has 1 heterocycles. The SMILES string of the molecule is CCC(=O)C(CCCCNP)NCC1CC(C)SS1. The van der Waals surface area contributed by atoms with Gasteiger partial charge >= 0.3 is 0 Å². The van der Waals surface area contributed by atoms with Crippen molar-refractivity contribution in [2.45, 2.75) is 62.5 Å². The van der Waals surface area contributed by atoms with Crippen molar-refractivity contribution >= 4 is 36.8 Å². The molecule has 4 unspecified atom stereocenters. The van der Waals surface area contributed by atoms with E-state index in [2.05, 4.69) is 26.7 Å². The molecule has 1 rings (SSSR count). The summed E-state index contributed by atoms with van der Waals surface area (Å²) in [5, 5.41) is 7.99. The maximum atomic E-state index is 12.0. The van der Waals surface area contributed by atoms with Gasteiger partial charge < -0.3 is 10.4 Å². The normalized spacial score (nSPS) is 24.6. The van der Waals surface area contributed by atoms with Crippen molar-refractivity contribution in [2.24, 2.45) is 0 Å².